The average Bonchev–Trinajstić information content (AvgIpc) is 2.56. The zero-order chi connectivity index (χ0) is 17.4. The van der Waals surface area contributed by atoms with E-state index in [1.54, 1.807) is 7.11 Å². The number of methoxy groups -OCH3 is 1. The van der Waals surface area contributed by atoms with Crippen LogP contribution in [0, 0.1) is 0 Å². The molecule has 2 aliphatic heterocycles. The molecule has 0 aromatic carbocycles. The molecule has 0 radical (unpaired) electrons. The van der Waals surface area contributed by atoms with Crippen molar-refractivity contribution in [1.29, 1.82) is 0 Å². The van der Waals surface area contributed by atoms with Crippen LogP contribution in [0.2, 0.25) is 0 Å². The summed E-state index contributed by atoms with van der Waals surface area (Å²) in [6.45, 7) is 11.2. The first-order valence-electron chi connectivity index (χ1n) is 9.58. The third-order valence-electron chi connectivity index (χ3n) is 5.23. The highest BCUT2D eigenvalue weighted by Gasteiger charge is 2.25. The summed E-state index contributed by atoms with van der Waals surface area (Å²) in [6, 6.07) is 1.33. The number of nitrogens with zero attached hydrogens (tertiary/aromatic N) is 2. The van der Waals surface area contributed by atoms with E-state index in [0.717, 1.165) is 26.2 Å². The first kappa shape index (κ1) is 19.9. The minimum atomic E-state index is -0.357. The van der Waals surface area contributed by atoms with Crippen molar-refractivity contribution in [2.24, 2.45) is 0 Å². The minimum Gasteiger partial charge on any atom is -0.389 e. The van der Waals surface area contributed by atoms with Gasteiger partial charge in [-0.2, -0.15) is 0 Å². The molecule has 1 unspecified atom stereocenters. The topological polar surface area (TPSA) is 48.0 Å². The number of allylic oxidation sites excluding steroid dienone is 1. The van der Waals surface area contributed by atoms with E-state index in [0.29, 0.717) is 18.7 Å². The fourth-order valence-corrected chi connectivity index (χ4v) is 3.75. The van der Waals surface area contributed by atoms with E-state index < -0.39 is 0 Å². The van der Waals surface area contributed by atoms with Crippen LogP contribution in [-0.4, -0.2) is 86.1 Å². The van der Waals surface area contributed by atoms with E-state index >= 15 is 0 Å². The highest BCUT2D eigenvalue weighted by atomic mass is 16.5. The fraction of sp³-hybridized carbons (Fsp3) is 0.895. The van der Waals surface area contributed by atoms with Crippen LogP contribution >= 0.6 is 0 Å². The van der Waals surface area contributed by atoms with Crippen molar-refractivity contribution in [3.8, 4) is 0 Å². The van der Waals surface area contributed by atoms with Gasteiger partial charge in [0.2, 0.25) is 0 Å². The lowest BCUT2D eigenvalue weighted by molar-refractivity contribution is 0.0303. The summed E-state index contributed by atoms with van der Waals surface area (Å²) in [6.07, 6.45) is 6.90. The Morgan fingerprint density at radius 3 is 2.12 bits per heavy atom. The largest absolute Gasteiger partial charge is 0.389 e. The van der Waals surface area contributed by atoms with Gasteiger partial charge in [-0.25, -0.2) is 0 Å². The van der Waals surface area contributed by atoms with E-state index in [9.17, 15) is 5.11 Å². The van der Waals surface area contributed by atoms with Crippen LogP contribution in [0.1, 0.15) is 39.5 Å². The Balaban J connectivity index is 1.60. The van der Waals surface area contributed by atoms with E-state index in [-0.39, 0.29) is 6.10 Å². The van der Waals surface area contributed by atoms with Gasteiger partial charge in [0.1, 0.15) is 0 Å². The molecule has 2 heterocycles. The molecule has 0 aliphatic carbocycles. The number of likely N-dealkylation sites (tertiary alicyclic amines) is 2. The predicted octanol–water partition coefficient (Wildman–Crippen LogP) is 1.48. The third kappa shape index (κ3) is 7.19. The van der Waals surface area contributed by atoms with Gasteiger partial charge in [-0.15, -0.1) is 0 Å². The molecule has 2 fully saturated rings. The zero-order valence-electron chi connectivity index (χ0n) is 15.8. The number of nitrogens with one attached hydrogen (secondary N) is 1. The van der Waals surface area contributed by atoms with Crippen molar-refractivity contribution < 1.29 is 9.84 Å². The molecular weight excluding hydrogens is 302 g/mol. The highest BCUT2D eigenvalue weighted by molar-refractivity contribution is 4.96. The summed E-state index contributed by atoms with van der Waals surface area (Å²) in [5, 5.41) is 13.7. The summed E-state index contributed by atoms with van der Waals surface area (Å²) in [4.78, 5) is 4.93. The second-order valence-electron chi connectivity index (χ2n) is 7.71. The Labute approximate surface area is 148 Å². The van der Waals surface area contributed by atoms with Crippen molar-refractivity contribution in [3.05, 3.63) is 11.6 Å². The standard InChI is InChI=1S/C19H37N3O2/c1-16(2)4-9-21-10-5-17(6-11-21)20-18-7-12-22(13-8-18)14-19(23)15-24-3/h4,17-20,23H,5-15H2,1-3H3. The molecule has 5 nitrogen and oxygen atoms in total. The molecule has 140 valence electrons. The molecule has 24 heavy (non-hydrogen) atoms. The van der Waals surface area contributed by atoms with E-state index in [4.69, 9.17) is 4.74 Å². The number of piperidine rings is 2. The zero-order valence-corrected chi connectivity index (χ0v) is 15.8. The highest BCUT2D eigenvalue weighted by Crippen LogP contribution is 2.16. The number of aliphatic hydroxyl groups excluding tert-OH is 1. The van der Waals surface area contributed by atoms with Gasteiger partial charge in [0.25, 0.3) is 0 Å². The molecule has 2 aliphatic rings. The molecule has 2 rings (SSSR count). The van der Waals surface area contributed by atoms with Gasteiger partial charge in [0.05, 0.1) is 12.7 Å². The minimum absolute atomic E-state index is 0.357. The number of rotatable bonds is 8. The van der Waals surface area contributed by atoms with Crippen molar-refractivity contribution in [3.63, 3.8) is 0 Å². The number of β-amino-alcohol motifs (C(OH)–C–C–N with tert-alkyl or cyclic N) is 1. The lowest BCUT2D eigenvalue weighted by Gasteiger charge is -2.38. The Morgan fingerprint density at radius 1 is 1.08 bits per heavy atom. The maximum atomic E-state index is 9.84. The second kappa shape index (κ2) is 10.5. The van der Waals surface area contributed by atoms with Gasteiger partial charge in [-0.3, -0.25) is 4.90 Å². The fourth-order valence-electron chi connectivity index (χ4n) is 3.75. The molecule has 1 atom stereocenters. The molecule has 0 bridgehead atoms. The summed E-state index contributed by atoms with van der Waals surface area (Å²) < 4.78 is 5.01. The van der Waals surface area contributed by atoms with Crippen molar-refractivity contribution in [2.75, 3.05) is 53.0 Å². The van der Waals surface area contributed by atoms with Crippen LogP contribution in [0.5, 0.6) is 0 Å². The molecule has 0 amide bonds. The van der Waals surface area contributed by atoms with Gasteiger partial charge in [0, 0.05) is 32.3 Å². The Kier molecular flexibility index (Phi) is 8.70. The maximum Gasteiger partial charge on any atom is 0.0900 e. The summed E-state index contributed by atoms with van der Waals surface area (Å²) in [5.74, 6) is 0. The molecule has 5 heteroatoms. The van der Waals surface area contributed by atoms with Gasteiger partial charge >= 0.3 is 0 Å². The average molecular weight is 340 g/mol. The molecule has 2 N–H and O–H groups in total. The smallest absolute Gasteiger partial charge is 0.0900 e. The normalized spacial score (nSPS) is 23.3. The van der Waals surface area contributed by atoms with Crippen LogP contribution in [0.4, 0.5) is 0 Å². The third-order valence-corrected chi connectivity index (χ3v) is 5.23. The summed E-state index contributed by atoms with van der Waals surface area (Å²) >= 11 is 0. The van der Waals surface area contributed by atoms with E-state index in [1.807, 2.05) is 0 Å². The molecule has 2 saturated heterocycles. The predicted molar refractivity (Wildman–Crippen MR) is 99.4 cm³/mol. The van der Waals surface area contributed by atoms with E-state index in [1.165, 1.54) is 44.3 Å². The van der Waals surface area contributed by atoms with Crippen molar-refractivity contribution in [1.82, 2.24) is 15.1 Å². The number of hydrogen-bond donors (Lipinski definition) is 2. The molecule has 0 spiro atoms. The molecule has 0 saturated carbocycles. The van der Waals surface area contributed by atoms with E-state index in [2.05, 4.69) is 35.0 Å². The van der Waals surface area contributed by atoms with Crippen LogP contribution in [0.25, 0.3) is 0 Å². The quantitative estimate of drug-likeness (QED) is 0.656. The Hall–Kier alpha value is -0.460. The monoisotopic (exact) mass is 339 g/mol. The van der Waals surface area contributed by atoms with Gasteiger partial charge < -0.3 is 20.1 Å². The lowest BCUT2D eigenvalue weighted by Crippen LogP contribution is -2.50. The first-order chi connectivity index (χ1) is 11.6. The van der Waals surface area contributed by atoms with Crippen LogP contribution in [0.15, 0.2) is 11.6 Å². The number of aliphatic hydroxyl groups is 1. The van der Waals surface area contributed by atoms with Crippen molar-refractivity contribution >= 4 is 0 Å². The van der Waals surface area contributed by atoms with Gasteiger partial charge in [0.15, 0.2) is 0 Å². The van der Waals surface area contributed by atoms with Crippen LogP contribution in [0.3, 0.4) is 0 Å². The Morgan fingerprint density at radius 2 is 1.62 bits per heavy atom. The SMILES string of the molecule is COCC(O)CN1CCC(NC2CCN(CC=C(C)C)CC2)CC1. The number of hydrogen-bond acceptors (Lipinski definition) is 5. The van der Waals surface area contributed by atoms with Gasteiger partial charge in [-0.05, 0) is 65.7 Å². The van der Waals surface area contributed by atoms with Gasteiger partial charge in [-0.1, -0.05) is 11.6 Å². The lowest BCUT2D eigenvalue weighted by atomic mass is 9.99. The molecule has 0 aromatic rings. The number of ether oxygens (including phenoxy) is 1. The second-order valence-corrected chi connectivity index (χ2v) is 7.71. The summed E-state index contributed by atoms with van der Waals surface area (Å²) in [7, 11) is 1.64. The Bertz CT molecular complexity index is 369. The molecular formula is C19H37N3O2. The maximum absolute atomic E-state index is 9.84. The van der Waals surface area contributed by atoms with Crippen LogP contribution in [-0.2, 0) is 4.74 Å². The van der Waals surface area contributed by atoms with Crippen LogP contribution < -0.4 is 5.32 Å². The summed E-state index contributed by atoms with van der Waals surface area (Å²) in [5.41, 5.74) is 1.41. The van der Waals surface area contributed by atoms with Crippen molar-refractivity contribution in [2.45, 2.75) is 57.7 Å². The first-order valence-corrected chi connectivity index (χ1v) is 9.58. The molecule has 0 aromatic heterocycles.